The minimum atomic E-state index is -0.310. The van der Waals surface area contributed by atoms with Crippen molar-refractivity contribution in [2.45, 2.75) is 4.90 Å². The number of rotatable bonds is 7. The SMILES string of the molecule is CSc1cnc(-c2ccc(NC(=O)Nc3ccccc3)cc2)nc1NCCO. The van der Waals surface area contributed by atoms with Crippen LogP contribution in [0.15, 0.2) is 65.7 Å². The van der Waals surface area contributed by atoms with Crippen LogP contribution < -0.4 is 16.0 Å². The predicted molar refractivity (Wildman–Crippen MR) is 114 cm³/mol. The molecule has 2 aromatic carbocycles. The van der Waals surface area contributed by atoms with Crippen molar-refractivity contribution in [2.75, 3.05) is 35.4 Å². The highest BCUT2D eigenvalue weighted by Gasteiger charge is 2.09. The van der Waals surface area contributed by atoms with E-state index in [-0.39, 0.29) is 12.6 Å². The van der Waals surface area contributed by atoms with Crippen LogP contribution in [0.3, 0.4) is 0 Å². The van der Waals surface area contributed by atoms with Gasteiger partial charge in [-0.25, -0.2) is 14.8 Å². The van der Waals surface area contributed by atoms with Gasteiger partial charge in [0.25, 0.3) is 0 Å². The van der Waals surface area contributed by atoms with Crippen molar-refractivity contribution >= 4 is 35.0 Å². The van der Waals surface area contributed by atoms with Gasteiger partial charge in [0.05, 0.1) is 11.5 Å². The standard InChI is InChI=1S/C20H21N5O2S/c1-28-17-13-22-18(25-19(17)21-11-12-26)14-7-9-16(10-8-14)24-20(27)23-15-5-3-2-4-6-15/h2-10,13,26H,11-12H2,1H3,(H,21,22,25)(H2,23,24,27). The number of hydrogen-bond donors (Lipinski definition) is 4. The lowest BCUT2D eigenvalue weighted by molar-refractivity contribution is 0.262. The Kier molecular flexibility index (Phi) is 6.83. The van der Waals surface area contributed by atoms with Crippen LogP contribution >= 0.6 is 11.8 Å². The highest BCUT2D eigenvalue weighted by molar-refractivity contribution is 7.98. The van der Waals surface area contributed by atoms with E-state index in [2.05, 4.69) is 25.9 Å². The van der Waals surface area contributed by atoms with Crippen molar-refractivity contribution < 1.29 is 9.90 Å². The van der Waals surface area contributed by atoms with Crippen molar-refractivity contribution in [1.29, 1.82) is 0 Å². The number of hydrogen-bond acceptors (Lipinski definition) is 6. The lowest BCUT2D eigenvalue weighted by atomic mass is 10.2. The average Bonchev–Trinajstić information content (AvgIpc) is 2.73. The number of amides is 2. The Morgan fingerprint density at radius 2 is 1.71 bits per heavy atom. The second-order valence-corrected chi connectivity index (χ2v) is 6.63. The van der Waals surface area contributed by atoms with E-state index < -0.39 is 0 Å². The highest BCUT2D eigenvalue weighted by Crippen LogP contribution is 2.26. The number of aliphatic hydroxyl groups is 1. The molecule has 2 amide bonds. The zero-order valence-corrected chi connectivity index (χ0v) is 16.2. The Labute approximate surface area is 167 Å². The van der Waals surface area contributed by atoms with Gasteiger partial charge in [0, 0.05) is 29.7 Å². The molecule has 0 saturated carbocycles. The first kappa shape index (κ1) is 19.7. The molecule has 0 spiro atoms. The molecule has 0 unspecified atom stereocenters. The largest absolute Gasteiger partial charge is 0.395 e. The summed E-state index contributed by atoms with van der Waals surface area (Å²) in [5.74, 6) is 1.26. The Balaban J connectivity index is 1.69. The zero-order valence-electron chi connectivity index (χ0n) is 15.3. The molecule has 0 aliphatic heterocycles. The van der Waals surface area contributed by atoms with Gasteiger partial charge in [-0.2, -0.15) is 0 Å². The van der Waals surface area contributed by atoms with Crippen LogP contribution in [-0.4, -0.2) is 40.5 Å². The van der Waals surface area contributed by atoms with Gasteiger partial charge >= 0.3 is 6.03 Å². The molecule has 1 aromatic heterocycles. The second-order valence-electron chi connectivity index (χ2n) is 5.78. The Bertz CT molecular complexity index is 920. The first-order valence-corrected chi connectivity index (χ1v) is 9.91. The first-order chi connectivity index (χ1) is 13.7. The molecule has 1 heterocycles. The maximum atomic E-state index is 12.1. The summed E-state index contributed by atoms with van der Waals surface area (Å²) in [5.41, 5.74) is 2.21. The summed E-state index contributed by atoms with van der Waals surface area (Å²) < 4.78 is 0. The molecule has 7 nitrogen and oxygen atoms in total. The maximum Gasteiger partial charge on any atom is 0.323 e. The van der Waals surface area contributed by atoms with E-state index in [4.69, 9.17) is 5.11 Å². The average molecular weight is 395 g/mol. The van der Waals surface area contributed by atoms with Crippen molar-refractivity contribution in [3.63, 3.8) is 0 Å². The van der Waals surface area contributed by atoms with Crippen molar-refractivity contribution in [1.82, 2.24) is 9.97 Å². The van der Waals surface area contributed by atoms with Gasteiger partial charge in [0.1, 0.15) is 5.82 Å². The summed E-state index contributed by atoms with van der Waals surface area (Å²) in [5, 5.41) is 17.7. The molecule has 0 aliphatic rings. The van der Waals surface area contributed by atoms with E-state index in [1.807, 2.05) is 48.7 Å². The number of nitrogens with one attached hydrogen (secondary N) is 3. The number of aliphatic hydroxyl groups excluding tert-OH is 1. The molecular weight excluding hydrogens is 374 g/mol. The second kappa shape index (κ2) is 9.72. The molecule has 3 rings (SSSR count). The van der Waals surface area contributed by atoms with Gasteiger partial charge < -0.3 is 21.1 Å². The number of nitrogens with zero attached hydrogens (tertiary/aromatic N) is 2. The molecule has 4 N–H and O–H groups in total. The number of anilines is 3. The molecular formula is C20H21N5O2S. The molecule has 28 heavy (non-hydrogen) atoms. The number of aromatic nitrogens is 2. The fourth-order valence-corrected chi connectivity index (χ4v) is 2.95. The Morgan fingerprint density at radius 1 is 1.04 bits per heavy atom. The number of carbonyl (C=O) groups excluding carboxylic acids is 1. The van der Waals surface area contributed by atoms with Gasteiger partial charge in [0.2, 0.25) is 0 Å². The van der Waals surface area contributed by atoms with Gasteiger partial charge in [-0.15, -0.1) is 11.8 Å². The Morgan fingerprint density at radius 3 is 2.36 bits per heavy atom. The molecule has 0 aliphatic carbocycles. The lowest BCUT2D eigenvalue weighted by Crippen LogP contribution is -2.19. The number of benzene rings is 2. The molecule has 0 radical (unpaired) electrons. The quantitative estimate of drug-likeness (QED) is 0.453. The van der Waals surface area contributed by atoms with E-state index >= 15 is 0 Å². The summed E-state index contributed by atoms with van der Waals surface area (Å²) in [7, 11) is 0. The van der Waals surface area contributed by atoms with E-state index in [1.165, 1.54) is 11.8 Å². The zero-order chi connectivity index (χ0) is 19.8. The Hall–Kier alpha value is -3.10. The van der Waals surface area contributed by atoms with Gasteiger partial charge in [-0.3, -0.25) is 0 Å². The van der Waals surface area contributed by atoms with Crippen LogP contribution in [0.4, 0.5) is 22.0 Å². The van der Waals surface area contributed by atoms with Gasteiger partial charge in [0.15, 0.2) is 5.82 Å². The molecule has 3 aromatic rings. The molecule has 8 heteroatoms. The van der Waals surface area contributed by atoms with Crippen LogP contribution in [0, 0.1) is 0 Å². The number of urea groups is 1. The predicted octanol–water partition coefficient (Wildman–Crippen LogP) is 3.91. The summed E-state index contributed by atoms with van der Waals surface area (Å²) in [6, 6.07) is 16.2. The van der Waals surface area contributed by atoms with Crippen molar-refractivity contribution in [2.24, 2.45) is 0 Å². The van der Waals surface area contributed by atoms with E-state index in [0.29, 0.717) is 23.9 Å². The lowest BCUT2D eigenvalue weighted by Gasteiger charge is -2.11. The van der Waals surface area contributed by atoms with E-state index in [1.54, 1.807) is 18.3 Å². The molecule has 0 bridgehead atoms. The third kappa shape index (κ3) is 5.21. The smallest absolute Gasteiger partial charge is 0.323 e. The minimum Gasteiger partial charge on any atom is -0.395 e. The third-order valence-electron chi connectivity index (χ3n) is 3.81. The third-order valence-corrected chi connectivity index (χ3v) is 4.55. The molecule has 0 fully saturated rings. The summed E-state index contributed by atoms with van der Waals surface area (Å²) >= 11 is 1.54. The summed E-state index contributed by atoms with van der Waals surface area (Å²) in [6.45, 7) is 0.446. The summed E-state index contributed by atoms with van der Waals surface area (Å²) in [6.07, 6.45) is 3.70. The van der Waals surface area contributed by atoms with Gasteiger partial charge in [-0.05, 0) is 42.7 Å². The maximum absolute atomic E-state index is 12.1. The van der Waals surface area contributed by atoms with Crippen LogP contribution in [-0.2, 0) is 0 Å². The van der Waals surface area contributed by atoms with Crippen LogP contribution in [0.2, 0.25) is 0 Å². The van der Waals surface area contributed by atoms with Crippen molar-refractivity contribution in [3.8, 4) is 11.4 Å². The number of carbonyl (C=O) groups is 1. The van der Waals surface area contributed by atoms with E-state index in [9.17, 15) is 4.79 Å². The minimum absolute atomic E-state index is 0.0264. The van der Waals surface area contributed by atoms with Crippen LogP contribution in [0.25, 0.3) is 11.4 Å². The molecule has 0 atom stereocenters. The monoisotopic (exact) mass is 395 g/mol. The van der Waals surface area contributed by atoms with Gasteiger partial charge in [-0.1, -0.05) is 18.2 Å². The highest BCUT2D eigenvalue weighted by atomic mass is 32.2. The van der Waals surface area contributed by atoms with Crippen LogP contribution in [0.1, 0.15) is 0 Å². The van der Waals surface area contributed by atoms with Crippen molar-refractivity contribution in [3.05, 3.63) is 60.8 Å². The first-order valence-electron chi connectivity index (χ1n) is 8.69. The molecule has 144 valence electrons. The number of thioether (sulfide) groups is 1. The fourth-order valence-electron chi connectivity index (χ4n) is 2.48. The molecule has 0 saturated heterocycles. The fraction of sp³-hybridized carbons (Fsp3) is 0.150. The summed E-state index contributed by atoms with van der Waals surface area (Å²) in [4.78, 5) is 21.9. The van der Waals surface area contributed by atoms with Crippen LogP contribution in [0.5, 0.6) is 0 Å². The topological polar surface area (TPSA) is 99.2 Å². The number of para-hydroxylation sites is 1. The normalized spacial score (nSPS) is 10.4. The van der Waals surface area contributed by atoms with E-state index in [0.717, 1.165) is 16.1 Å².